The maximum atomic E-state index is 12.7. The lowest BCUT2D eigenvalue weighted by Gasteiger charge is -2.10. The Hall–Kier alpha value is -3.92. The number of ether oxygens (including phenoxy) is 4. The molecule has 0 unspecified atom stereocenters. The van der Waals surface area contributed by atoms with Gasteiger partial charge in [0.25, 0.3) is 0 Å². The van der Waals surface area contributed by atoms with Gasteiger partial charge in [0, 0.05) is 16.6 Å². The minimum Gasteiger partial charge on any atom is -0.465 e. The molecule has 1 amide bonds. The Morgan fingerprint density at radius 1 is 0.971 bits per heavy atom. The molecule has 3 aromatic rings. The zero-order chi connectivity index (χ0) is 23.9. The van der Waals surface area contributed by atoms with Crippen LogP contribution in [-0.4, -0.2) is 37.0 Å². The van der Waals surface area contributed by atoms with E-state index in [0.717, 1.165) is 0 Å². The first-order valence-electron chi connectivity index (χ1n) is 10.4. The van der Waals surface area contributed by atoms with Crippen molar-refractivity contribution < 1.29 is 37.7 Å². The second kappa shape index (κ2) is 10.8. The molecular formula is C24H21NO8S. The highest BCUT2D eigenvalue weighted by Gasteiger charge is 2.20. The summed E-state index contributed by atoms with van der Waals surface area (Å²) < 4.78 is 26.1. The average molecular weight is 483 g/mol. The Bertz CT molecular complexity index is 1210. The summed E-state index contributed by atoms with van der Waals surface area (Å²) in [6.45, 7) is 1.83. The Morgan fingerprint density at radius 3 is 2.62 bits per heavy atom. The first-order chi connectivity index (χ1) is 16.5. The highest BCUT2D eigenvalue weighted by atomic mass is 32.2. The normalized spacial score (nSPS) is 11.7. The summed E-state index contributed by atoms with van der Waals surface area (Å²) in [5.74, 6) is 0.0631. The van der Waals surface area contributed by atoms with Crippen LogP contribution in [0.25, 0.3) is 0 Å². The highest BCUT2D eigenvalue weighted by Crippen LogP contribution is 2.34. The Kier molecular flexibility index (Phi) is 7.38. The Labute approximate surface area is 199 Å². The van der Waals surface area contributed by atoms with E-state index >= 15 is 0 Å². The minimum atomic E-state index is -0.606. The standard InChI is InChI=1S/C24H21NO8S/c1-2-29-23(27)16-9-10-30-20(16)12-31-24(28)17-5-3-4-6-21(17)34-13-22(26)25-15-7-8-18-19(11-15)33-14-32-18/h3-11H,2,12-14H2,1H3,(H,25,26). The molecule has 4 rings (SSSR count). The molecule has 0 radical (unpaired) electrons. The number of hydrogen-bond donors (Lipinski definition) is 1. The largest absolute Gasteiger partial charge is 0.465 e. The van der Waals surface area contributed by atoms with Gasteiger partial charge < -0.3 is 28.7 Å². The molecule has 2 heterocycles. The lowest BCUT2D eigenvalue weighted by molar-refractivity contribution is -0.113. The van der Waals surface area contributed by atoms with Crippen molar-refractivity contribution in [3.05, 3.63) is 71.7 Å². The summed E-state index contributed by atoms with van der Waals surface area (Å²) in [5, 5.41) is 2.79. The van der Waals surface area contributed by atoms with Crippen LogP contribution in [0, 0.1) is 0 Å². The van der Waals surface area contributed by atoms with Crippen LogP contribution in [0.4, 0.5) is 5.69 Å². The van der Waals surface area contributed by atoms with E-state index < -0.39 is 11.9 Å². The number of fused-ring (bicyclic) bond motifs is 1. The van der Waals surface area contributed by atoms with Crippen LogP contribution >= 0.6 is 11.8 Å². The lowest BCUT2D eigenvalue weighted by Crippen LogP contribution is -2.14. The van der Waals surface area contributed by atoms with E-state index in [1.807, 2.05) is 0 Å². The predicted octanol–water partition coefficient (Wildman–Crippen LogP) is 4.27. The molecule has 0 bridgehead atoms. The van der Waals surface area contributed by atoms with Gasteiger partial charge in [0.15, 0.2) is 23.9 Å². The van der Waals surface area contributed by atoms with Crippen molar-refractivity contribution in [1.82, 2.24) is 0 Å². The van der Waals surface area contributed by atoms with Crippen LogP contribution in [0.2, 0.25) is 0 Å². The van der Waals surface area contributed by atoms with Gasteiger partial charge in [-0.2, -0.15) is 0 Å². The maximum Gasteiger partial charge on any atom is 0.341 e. The van der Waals surface area contributed by atoms with E-state index in [-0.39, 0.29) is 43.0 Å². The van der Waals surface area contributed by atoms with Crippen molar-refractivity contribution in [3.63, 3.8) is 0 Å². The van der Waals surface area contributed by atoms with Crippen molar-refractivity contribution in [3.8, 4) is 11.5 Å². The maximum absolute atomic E-state index is 12.7. The number of hydrogen-bond acceptors (Lipinski definition) is 9. The van der Waals surface area contributed by atoms with Gasteiger partial charge in [-0.25, -0.2) is 9.59 Å². The highest BCUT2D eigenvalue weighted by molar-refractivity contribution is 8.00. The molecule has 1 aliphatic rings. The van der Waals surface area contributed by atoms with Gasteiger partial charge in [-0.1, -0.05) is 12.1 Å². The van der Waals surface area contributed by atoms with Crippen molar-refractivity contribution in [1.29, 1.82) is 0 Å². The molecule has 0 spiro atoms. The van der Waals surface area contributed by atoms with Crippen molar-refractivity contribution in [2.45, 2.75) is 18.4 Å². The minimum absolute atomic E-state index is 0.0733. The molecular weight excluding hydrogens is 462 g/mol. The van der Waals surface area contributed by atoms with Gasteiger partial charge in [-0.15, -0.1) is 11.8 Å². The number of anilines is 1. The number of carbonyl (C=O) groups is 3. The van der Waals surface area contributed by atoms with Crippen LogP contribution in [-0.2, 0) is 20.9 Å². The van der Waals surface area contributed by atoms with E-state index in [0.29, 0.717) is 27.6 Å². The third kappa shape index (κ3) is 5.52. The van der Waals surface area contributed by atoms with Crippen LogP contribution < -0.4 is 14.8 Å². The SMILES string of the molecule is CCOC(=O)c1ccoc1COC(=O)c1ccccc1SCC(=O)Nc1ccc2c(c1)OCO2. The number of furan rings is 1. The van der Waals surface area contributed by atoms with Crippen LogP contribution in [0.1, 0.15) is 33.4 Å². The summed E-state index contributed by atoms with van der Waals surface area (Å²) in [4.78, 5) is 37.7. The fraction of sp³-hybridized carbons (Fsp3) is 0.208. The molecule has 0 saturated heterocycles. The number of amides is 1. The number of rotatable bonds is 9. The van der Waals surface area contributed by atoms with E-state index in [1.54, 1.807) is 49.4 Å². The van der Waals surface area contributed by atoms with Gasteiger partial charge in [0.1, 0.15) is 5.56 Å². The fourth-order valence-corrected chi connectivity index (χ4v) is 3.97. The second-order valence-electron chi connectivity index (χ2n) is 6.96. The number of nitrogens with one attached hydrogen (secondary N) is 1. The van der Waals surface area contributed by atoms with E-state index in [2.05, 4.69) is 5.32 Å². The second-order valence-corrected chi connectivity index (χ2v) is 7.97. The van der Waals surface area contributed by atoms with Gasteiger partial charge in [-0.3, -0.25) is 4.79 Å². The van der Waals surface area contributed by atoms with Crippen LogP contribution in [0.5, 0.6) is 11.5 Å². The molecule has 0 aliphatic carbocycles. The zero-order valence-corrected chi connectivity index (χ0v) is 19.0. The average Bonchev–Trinajstić information content (AvgIpc) is 3.50. The molecule has 1 aromatic heterocycles. The first-order valence-corrected chi connectivity index (χ1v) is 11.4. The topological polar surface area (TPSA) is 113 Å². The summed E-state index contributed by atoms with van der Waals surface area (Å²) in [6, 6.07) is 13.4. The number of thioether (sulfide) groups is 1. The zero-order valence-electron chi connectivity index (χ0n) is 18.2. The molecule has 1 aliphatic heterocycles. The monoisotopic (exact) mass is 483 g/mol. The molecule has 1 N–H and O–H groups in total. The summed E-state index contributed by atoms with van der Waals surface area (Å²) in [5.41, 5.74) is 1.09. The molecule has 0 fully saturated rings. The van der Waals surface area contributed by atoms with Crippen LogP contribution in [0.15, 0.2) is 64.1 Å². The molecule has 2 aromatic carbocycles. The molecule has 0 atom stereocenters. The molecule has 176 valence electrons. The van der Waals surface area contributed by atoms with Crippen molar-refractivity contribution in [2.75, 3.05) is 24.5 Å². The smallest absolute Gasteiger partial charge is 0.341 e. The molecule has 34 heavy (non-hydrogen) atoms. The lowest BCUT2D eigenvalue weighted by atomic mass is 10.2. The third-order valence-corrected chi connectivity index (χ3v) is 5.77. The van der Waals surface area contributed by atoms with Crippen molar-refractivity contribution in [2.24, 2.45) is 0 Å². The Balaban J connectivity index is 1.34. The van der Waals surface area contributed by atoms with Crippen molar-refractivity contribution >= 4 is 35.3 Å². The van der Waals surface area contributed by atoms with Crippen LogP contribution in [0.3, 0.4) is 0 Å². The van der Waals surface area contributed by atoms with E-state index in [9.17, 15) is 14.4 Å². The quantitative estimate of drug-likeness (QED) is 0.352. The Morgan fingerprint density at radius 2 is 1.76 bits per heavy atom. The number of esters is 2. The molecule has 0 saturated carbocycles. The summed E-state index contributed by atoms with van der Waals surface area (Å²) in [6.07, 6.45) is 1.33. The molecule has 9 nitrogen and oxygen atoms in total. The summed E-state index contributed by atoms with van der Waals surface area (Å²) in [7, 11) is 0. The fourth-order valence-electron chi connectivity index (χ4n) is 3.13. The van der Waals surface area contributed by atoms with E-state index in [1.165, 1.54) is 24.1 Å². The van der Waals surface area contributed by atoms with Gasteiger partial charge in [0.05, 0.1) is 24.2 Å². The van der Waals surface area contributed by atoms with E-state index in [4.69, 9.17) is 23.4 Å². The number of carbonyl (C=O) groups excluding carboxylic acids is 3. The van der Waals surface area contributed by atoms with Gasteiger partial charge >= 0.3 is 11.9 Å². The predicted molar refractivity (Wildman–Crippen MR) is 122 cm³/mol. The summed E-state index contributed by atoms with van der Waals surface area (Å²) >= 11 is 1.20. The van der Waals surface area contributed by atoms with Gasteiger partial charge in [0.2, 0.25) is 12.7 Å². The third-order valence-electron chi connectivity index (χ3n) is 4.70. The first kappa shape index (κ1) is 23.2. The van der Waals surface area contributed by atoms with Gasteiger partial charge in [-0.05, 0) is 37.3 Å². The molecule has 10 heteroatoms. The number of benzene rings is 2.